The van der Waals surface area contributed by atoms with Crippen molar-refractivity contribution in [3.8, 4) is 11.5 Å². The van der Waals surface area contributed by atoms with Gasteiger partial charge in [0.05, 0.1) is 7.11 Å². The highest BCUT2D eigenvalue weighted by Gasteiger charge is 2.12. The first-order chi connectivity index (χ1) is 9.65. The molecule has 1 amide bonds. The predicted octanol–water partition coefficient (Wildman–Crippen LogP) is 1.66. The molecule has 0 atom stereocenters. The molecule has 0 unspecified atom stereocenters. The highest BCUT2D eigenvalue weighted by molar-refractivity contribution is 5.77. The topological polar surface area (TPSA) is 50.8 Å². The third kappa shape index (κ3) is 4.42. The molecule has 0 aliphatic rings. The number of hydrogen-bond acceptors (Lipinski definition) is 4. The number of rotatable bonds is 8. The molecule has 0 saturated heterocycles. The summed E-state index contributed by atoms with van der Waals surface area (Å²) >= 11 is 0. The van der Waals surface area contributed by atoms with Gasteiger partial charge in [0.2, 0.25) is 0 Å². The Morgan fingerprint density at radius 3 is 2.55 bits per heavy atom. The first kappa shape index (κ1) is 16.3. The van der Waals surface area contributed by atoms with E-state index in [1.54, 1.807) is 12.0 Å². The number of ether oxygens (including phenoxy) is 2. The van der Waals surface area contributed by atoms with Crippen molar-refractivity contribution < 1.29 is 14.3 Å². The molecule has 0 saturated carbocycles. The molecule has 1 rings (SSSR count). The largest absolute Gasteiger partial charge is 0.497 e. The van der Waals surface area contributed by atoms with Crippen molar-refractivity contribution in [2.75, 3.05) is 33.9 Å². The van der Waals surface area contributed by atoms with Crippen LogP contribution in [-0.4, -0.2) is 44.7 Å². The summed E-state index contributed by atoms with van der Waals surface area (Å²) in [4.78, 5) is 13.7. The molecule has 5 heteroatoms. The fraction of sp³-hybridized carbons (Fsp3) is 0.533. The van der Waals surface area contributed by atoms with E-state index in [1.165, 1.54) is 0 Å². The number of carbonyl (C=O) groups excluding carboxylic acids is 1. The number of nitrogens with zero attached hydrogens (tertiary/aromatic N) is 1. The molecular formula is C15H24N2O3. The lowest BCUT2D eigenvalue weighted by atomic mass is 10.2. The Morgan fingerprint density at radius 1 is 1.30 bits per heavy atom. The van der Waals surface area contributed by atoms with Gasteiger partial charge in [-0.05, 0) is 39.1 Å². The van der Waals surface area contributed by atoms with Crippen molar-refractivity contribution in [1.82, 2.24) is 10.2 Å². The quantitative estimate of drug-likeness (QED) is 0.787. The van der Waals surface area contributed by atoms with Crippen molar-refractivity contribution in [3.63, 3.8) is 0 Å². The molecule has 0 aromatic heterocycles. The zero-order valence-corrected chi connectivity index (χ0v) is 12.7. The van der Waals surface area contributed by atoms with Gasteiger partial charge in [0.1, 0.15) is 11.5 Å². The van der Waals surface area contributed by atoms with E-state index in [4.69, 9.17) is 9.47 Å². The van der Waals surface area contributed by atoms with E-state index < -0.39 is 0 Å². The summed E-state index contributed by atoms with van der Waals surface area (Å²) < 4.78 is 10.8. The van der Waals surface area contributed by atoms with E-state index in [-0.39, 0.29) is 12.5 Å². The number of hydrogen-bond donors (Lipinski definition) is 1. The van der Waals surface area contributed by atoms with Gasteiger partial charge in [-0.3, -0.25) is 4.79 Å². The minimum absolute atomic E-state index is 0.00113. The van der Waals surface area contributed by atoms with Crippen LogP contribution in [-0.2, 0) is 11.3 Å². The monoisotopic (exact) mass is 280 g/mol. The van der Waals surface area contributed by atoms with Gasteiger partial charge in [0, 0.05) is 25.2 Å². The van der Waals surface area contributed by atoms with Gasteiger partial charge in [0.25, 0.3) is 5.91 Å². The van der Waals surface area contributed by atoms with Crippen LogP contribution in [0, 0.1) is 0 Å². The van der Waals surface area contributed by atoms with Crippen molar-refractivity contribution in [1.29, 1.82) is 0 Å². The highest BCUT2D eigenvalue weighted by Crippen LogP contribution is 2.24. The summed E-state index contributed by atoms with van der Waals surface area (Å²) in [7, 11) is 3.49. The van der Waals surface area contributed by atoms with E-state index in [9.17, 15) is 4.79 Å². The number of methoxy groups -OCH3 is 1. The van der Waals surface area contributed by atoms with E-state index >= 15 is 0 Å². The smallest absolute Gasteiger partial charge is 0.260 e. The molecule has 0 aliphatic heterocycles. The molecule has 20 heavy (non-hydrogen) atoms. The molecule has 0 spiro atoms. The predicted molar refractivity (Wildman–Crippen MR) is 79.2 cm³/mol. The first-order valence-electron chi connectivity index (χ1n) is 6.88. The molecule has 1 N–H and O–H groups in total. The maximum Gasteiger partial charge on any atom is 0.260 e. The standard InChI is InChI=1S/C15H24N2O3/c1-5-17(6-2)15(18)11-20-14-8-7-13(19-4)9-12(14)10-16-3/h7-9,16H,5-6,10-11H2,1-4H3. The van der Waals surface area contributed by atoms with Crippen LogP contribution in [0.15, 0.2) is 18.2 Å². The van der Waals surface area contributed by atoms with E-state index in [0.717, 1.165) is 11.3 Å². The van der Waals surface area contributed by atoms with Gasteiger partial charge >= 0.3 is 0 Å². The van der Waals surface area contributed by atoms with Crippen LogP contribution in [0.2, 0.25) is 0 Å². The van der Waals surface area contributed by atoms with Gasteiger partial charge in [-0.25, -0.2) is 0 Å². The third-order valence-electron chi connectivity index (χ3n) is 3.10. The second kappa shape index (κ2) is 8.43. The molecule has 0 radical (unpaired) electrons. The summed E-state index contributed by atoms with van der Waals surface area (Å²) in [6.07, 6.45) is 0. The Bertz CT molecular complexity index is 431. The molecule has 5 nitrogen and oxygen atoms in total. The molecule has 112 valence electrons. The Kier molecular flexibility index (Phi) is 6.87. The van der Waals surface area contributed by atoms with Crippen molar-refractivity contribution in [3.05, 3.63) is 23.8 Å². The van der Waals surface area contributed by atoms with E-state index in [0.29, 0.717) is 25.4 Å². The second-order valence-electron chi connectivity index (χ2n) is 4.36. The minimum atomic E-state index is 0.00113. The summed E-state index contributed by atoms with van der Waals surface area (Å²) in [5.74, 6) is 1.49. The van der Waals surface area contributed by atoms with Gasteiger partial charge < -0.3 is 19.7 Å². The maximum atomic E-state index is 11.9. The number of benzene rings is 1. The third-order valence-corrected chi connectivity index (χ3v) is 3.10. The first-order valence-corrected chi connectivity index (χ1v) is 6.88. The van der Waals surface area contributed by atoms with Crippen LogP contribution in [0.1, 0.15) is 19.4 Å². The van der Waals surface area contributed by atoms with Crippen molar-refractivity contribution >= 4 is 5.91 Å². The van der Waals surface area contributed by atoms with Crippen LogP contribution >= 0.6 is 0 Å². The molecule has 0 fully saturated rings. The number of nitrogens with one attached hydrogen (secondary N) is 1. The fourth-order valence-electron chi connectivity index (χ4n) is 1.96. The zero-order valence-electron chi connectivity index (χ0n) is 12.7. The highest BCUT2D eigenvalue weighted by atomic mass is 16.5. The van der Waals surface area contributed by atoms with Gasteiger partial charge in [-0.1, -0.05) is 0 Å². The maximum absolute atomic E-state index is 11.9. The van der Waals surface area contributed by atoms with Crippen molar-refractivity contribution in [2.45, 2.75) is 20.4 Å². The van der Waals surface area contributed by atoms with E-state index in [1.807, 2.05) is 39.1 Å². The number of amides is 1. The average molecular weight is 280 g/mol. The molecule has 0 heterocycles. The van der Waals surface area contributed by atoms with Gasteiger partial charge in [-0.15, -0.1) is 0 Å². The lowest BCUT2D eigenvalue weighted by Crippen LogP contribution is -2.34. The van der Waals surface area contributed by atoms with Crippen LogP contribution in [0.3, 0.4) is 0 Å². The molecular weight excluding hydrogens is 256 g/mol. The van der Waals surface area contributed by atoms with Crippen molar-refractivity contribution in [2.24, 2.45) is 0 Å². The summed E-state index contributed by atoms with van der Waals surface area (Å²) in [5.41, 5.74) is 0.971. The molecule has 1 aromatic carbocycles. The zero-order chi connectivity index (χ0) is 15.0. The van der Waals surface area contributed by atoms with Gasteiger partial charge in [0.15, 0.2) is 6.61 Å². The SMILES string of the molecule is CCN(CC)C(=O)COc1ccc(OC)cc1CNC. The molecule has 0 aliphatic carbocycles. The molecule has 0 bridgehead atoms. The fourth-order valence-corrected chi connectivity index (χ4v) is 1.96. The summed E-state index contributed by atoms with van der Waals surface area (Å²) in [6.45, 7) is 6.04. The lowest BCUT2D eigenvalue weighted by Gasteiger charge is -2.19. The average Bonchev–Trinajstić information content (AvgIpc) is 2.47. The normalized spacial score (nSPS) is 10.2. The summed E-state index contributed by atoms with van der Waals surface area (Å²) in [5, 5.41) is 3.08. The second-order valence-corrected chi connectivity index (χ2v) is 4.36. The Morgan fingerprint density at radius 2 is 2.00 bits per heavy atom. The molecule has 1 aromatic rings. The van der Waals surface area contributed by atoms with Crippen LogP contribution in [0.4, 0.5) is 0 Å². The Balaban J connectivity index is 2.73. The Labute approximate surface area is 120 Å². The van der Waals surface area contributed by atoms with Crippen LogP contribution in [0.25, 0.3) is 0 Å². The van der Waals surface area contributed by atoms with E-state index in [2.05, 4.69) is 5.32 Å². The van der Waals surface area contributed by atoms with Crippen LogP contribution in [0.5, 0.6) is 11.5 Å². The van der Waals surface area contributed by atoms with Gasteiger partial charge in [-0.2, -0.15) is 0 Å². The minimum Gasteiger partial charge on any atom is -0.497 e. The number of likely N-dealkylation sites (N-methyl/N-ethyl adjacent to an activating group) is 1. The number of carbonyl (C=O) groups is 1. The lowest BCUT2D eigenvalue weighted by molar-refractivity contribution is -0.132. The van der Waals surface area contributed by atoms with Crippen LogP contribution < -0.4 is 14.8 Å². The summed E-state index contributed by atoms with van der Waals surface area (Å²) in [6, 6.07) is 5.57. The Hall–Kier alpha value is -1.75.